The summed E-state index contributed by atoms with van der Waals surface area (Å²) in [6.07, 6.45) is 0. The number of thioether (sulfide) groups is 1. The van der Waals surface area contributed by atoms with Crippen molar-refractivity contribution in [2.75, 3.05) is 0 Å². The van der Waals surface area contributed by atoms with Crippen molar-refractivity contribution >= 4 is 50.3 Å². The van der Waals surface area contributed by atoms with Crippen molar-refractivity contribution in [1.82, 2.24) is 14.8 Å². The van der Waals surface area contributed by atoms with E-state index in [9.17, 15) is 0 Å². The van der Waals surface area contributed by atoms with Gasteiger partial charge in [-0.2, -0.15) is 0 Å². The predicted octanol–water partition coefficient (Wildman–Crippen LogP) is 5.94. The van der Waals surface area contributed by atoms with Crippen LogP contribution in [-0.2, 0) is 12.8 Å². The minimum absolute atomic E-state index is 0.710. The molecule has 0 saturated heterocycles. The SMILES string of the molecule is Cn1c(SCc2ccc(Cl)cc2)nnc1-c1cc2cc(Br)ccc2o1. The number of rotatable bonds is 4. The van der Waals surface area contributed by atoms with Gasteiger partial charge in [-0.15, -0.1) is 10.2 Å². The molecule has 0 fully saturated rings. The summed E-state index contributed by atoms with van der Waals surface area (Å²) < 4.78 is 8.88. The van der Waals surface area contributed by atoms with Crippen molar-refractivity contribution in [2.45, 2.75) is 10.9 Å². The van der Waals surface area contributed by atoms with Gasteiger partial charge in [-0.05, 0) is 42.0 Å². The van der Waals surface area contributed by atoms with Crippen LogP contribution in [0.3, 0.4) is 0 Å². The van der Waals surface area contributed by atoms with E-state index < -0.39 is 0 Å². The smallest absolute Gasteiger partial charge is 0.200 e. The molecule has 2 aromatic carbocycles. The van der Waals surface area contributed by atoms with Crippen LogP contribution in [-0.4, -0.2) is 14.8 Å². The van der Waals surface area contributed by atoms with Crippen molar-refractivity contribution in [3.63, 3.8) is 0 Å². The molecule has 0 aliphatic heterocycles. The van der Waals surface area contributed by atoms with E-state index in [1.165, 1.54) is 5.56 Å². The Morgan fingerprint density at radius 1 is 1.12 bits per heavy atom. The largest absolute Gasteiger partial charge is 0.453 e. The fraction of sp³-hybridized carbons (Fsp3) is 0.111. The average molecular weight is 435 g/mol. The van der Waals surface area contributed by atoms with Gasteiger partial charge in [0, 0.05) is 27.7 Å². The standard InChI is InChI=1S/C18H13BrClN3OS/c1-23-17(16-9-12-8-13(19)4-7-15(12)24-16)21-22-18(23)25-10-11-2-5-14(20)6-3-11/h2-9H,10H2,1H3. The summed E-state index contributed by atoms with van der Waals surface area (Å²) in [5.74, 6) is 2.23. The van der Waals surface area contributed by atoms with E-state index in [0.717, 1.165) is 31.4 Å². The van der Waals surface area contributed by atoms with Gasteiger partial charge >= 0.3 is 0 Å². The minimum Gasteiger partial charge on any atom is -0.453 e. The molecule has 0 unspecified atom stereocenters. The third kappa shape index (κ3) is 3.47. The molecular formula is C18H13BrClN3OS. The lowest BCUT2D eigenvalue weighted by Gasteiger charge is -2.02. The fourth-order valence-electron chi connectivity index (χ4n) is 2.51. The highest BCUT2D eigenvalue weighted by molar-refractivity contribution is 9.10. The molecule has 0 saturated carbocycles. The summed E-state index contributed by atoms with van der Waals surface area (Å²) in [6.45, 7) is 0. The van der Waals surface area contributed by atoms with Gasteiger partial charge < -0.3 is 8.98 Å². The second kappa shape index (κ2) is 6.86. The third-order valence-electron chi connectivity index (χ3n) is 3.81. The maximum Gasteiger partial charge on any atom is 0.200 e. The van der Waals surface area contributed by atoms with E-state index >= 15 is 0 Å². The van der Waals surface area contributed by atoms with Crippen molar-refractivity contribution < 1.29 is 4.42 Å². The summed E-state index contributed by atoms with van der Waals surface area (Å²) in [4.78, 5) is 0. The number of hydrogen-bond donors (Lipinski definition) is 0. The normalized spacial score (nSPS) is 11.3. The van der Waals surface area contributed by atoms with Crippen molar-refractivity contribution in [1.29, 1.82) is 0 Å². The zero-order chi connectivity index (χ0) is 17.4. The molecule has 4 aromatic rings. The fourth-order valence-corrected chi connectivity index (χ4v) is 3.88. The molecule has 0 spiro atoms. The molecule has 2 heterocycles. The minimum atomic E-state index is 0.710. The number of furan rings is 1. The van der Waals surface area contributed by atoms with Crippen molar-refractivity contribution in [3.05, 3.63) is 63.6 Å². The molecule has 0 atom stereocenters. The van der Waals surface area contributed by atoms with Crippen LogP contribution in [0.2, 0.25) is 5.02 Å². The monoisotopic (exact) mass is 433 g/mol. The van der Waals surface area contributed by atoms with E-state index in [0.29, 0.717) is 11.6 Å². The van der Waals surface area contributed by atoms with Gasteiger partial charge in [-0.1, -0.05) is 51.4 Å². The van der Waals surface area contributed by atoms with Crippen LogP contribution >= 0.6 is 39.3 Å². The van der Waals surface area contributed by atoms with Crippen molar-refractivity contribution in [2.24, 2.45) is 7.05 Å². The highest BCUT2D eigenvalue weighted by Gasteiger charge is 2.15. The Balaban J connectivity index is 1.58. The number of halogens is 2. The van der Waals surface area contributed by atoms with Gasteiger partial charge in [-0.25, -0.2) is 0 Å². The average Bonchev–Trinajstić information content (AvgIpc) is 3.17. The first-order valence-electron chi connectivity index (χ1n) is 7.56. The zero-order valence-corrected chi connectivity index (χ0v) is 16.4. The first kappa shape index (κ1) is 16.7. The van der Waals surface area contributed by atoms with Gasteiger partial charge in [0.1, 0.15) is 5.58 Å². The van der Waals surface area contributed by atoms with Crippen LogP contribution in [0.4, 0.5) is 0 Å². The topological polar surface area (TPSA) is 43.9 Å². The van der Waals surface area contributed by atoms with E-state index in [1.807, 2.05) is 60.1 Å². The number of benzene rings is 2. The molecule has 4 nitrogen and oxygen atoms in total. The quantitative estimate of drug-likeness (QED) is 0.373. The molecule has 2 aromatic heterocycles. The second-order valence-electron chi connectivity index (χ2n) is 5.57. The van der Waals surface area contributed by atoms with Crippen molar-refractivity contribution in [3.8, 4) is 11.6 Å². The predicted molar refractivity (Wildman–Crippen MR) is 105 cm³/mol. The van der Waals surface area contributed by atoms with Crippen LogP contribution in [0.25, 0.3) is 22.6 Å². The molecule has 0 N–H and O–H groups in total. The lowest BCUT2D eigenvalue weighted by atomic mass is 10.2. The Bertz CT molecular complexity index is 1040. The van der Waals surface area contributed by atoms with E-state index in [2.05, 4.69) is 26.1 Å². The molecular weight excluding hydrogens is 422 g/mol. The molecule has 0 aliphatic carbocycles. The summed E-state index contributed by atoms with van der Waals surface area (Å²) in [7, 11) is 1.95. The first-order valence-corrected chi connectivity index (χ1v) is 9.72. The Hall–Kier alpha value is -1.76. The summed E-state index contributed by atoms with van der Waals surface area (Å²) in [5.41, 5.74) is 2.02. The van der Waals surface area contributed by atoms with Gasteiger partial charge in [0.05, 0.1) is 0 Å². The lowest BCUT2D eigenvalue weighted by Crippen LogP contribution is -1.94. The molecule has 7 heteroatoms. The molecule has 0 bridgehead atoms. The zero-order valence-electron chi connectivity index (χ0n) is 13.2. The van der Waals surface area contributed by atoms with E-state index in [4.69, 9.17) is 16.0 Å². The Morgan fingerprint density at radius 2 is 1.92 bits per heavy atom. The summed E-state index contributed by atoms with van der Waals surface area (Å²) >= 11 is 11.0. The summed E-state index contributed by atoms with van der Waals surface area (Å²) in [6, 6.07) is 15.7. The number of hydrogen-bond acceptors (Lipinski definition) is 4. The second-order valence-corrected chi connectivity index (χ2v) is 7.87. The summed E-state index contributed by atoms with van der Waals surface area (Å²) in [5, 5.41) is 11.2. The lowest BCUT2D eigenvalue weighted by molar-refractivity contribution is 0.618. The third-order valence-corrected chi connectivity index (χ3v) is 5.65. The van der Waals surface area contributed by atoms with Gasteiger partial charge in [-0.3, -0.25) is 0 Å². The van der Waals surface area contributed by atoms with Crippen LogP contribution in [0.15, 0.2) is 62.6 Å². The number of nitrogens with zero attached hydrogens (tertiary/aromatic N) is 3. The highest BCUT2D eigenvalue weighted by atomic mass is 79.9. The van der Waals surface area contributed by atoms with Gasteiger partial charge in [0.25, 0.3) is 0 Å². The molecule has 4 rings (SSSR count). The number of aromatic nitrogens is 3. The number of fused-ring (bicyclic) bond motifs is 1. The Kier molecular flexibility index (Phi) is 4.58. The van der Waals surface area contributed by atoms with Crippen LogP contribution in [0.5, 0.6) is 0 Å². The highest BCUT2D eigenvalue weighted by Crippen LogP contribution is 2.30. The van der Waals surface area contributed by atoms with E-state index in [1.54, 1.807) is 11.8 Å². The molecule has 25 heavy (non-hydrogen) atoms. The van der Waals surface area contributed by atoms with Gasteiger partial charge in [0.2, 0.25) is 0 Å². The maximum absolute atomic E-state index is 5.92. The van der Waals surface area contributed by atoms with Crippen LogP contribution in [0.1, 0.15) is 5.56 Å². The molecule has 126 valence electrons. The van der Waals surface area contributed by atoms with Gasteiger partial charge in [0.15, 0.2) is 16.7 Å². The van der Waals surface area contributed by atoms with Crippen LogP contribution in [0, 0.1) is 0 Å². The van der Waals surface area contributed by atoms with Crippen LogP contribution < -0.4 is 0 Å². The molecule has 0 amide bonds. The first-order chi connectivity index (χ1) is 12.1. The Labute approximate surface area is 162 Å². The van der Waals surface area contributed by atoms with E-state index in [-0.39, 0.29) is 0 Å². The molecule has 0 radical (unpaired) electrons. The Morgan fingerprint density at radius 3 is 2.72 bits per heavy atom. The molecule has 0 aliphatic rings. The maximum atomic E-state index is 5.92.